The maximum atomic E-state index is 13.2. The molecule has 0 saturated heterocycles. The lowest BCUT2D eigenvalue weighted by Gasteiger charge is -2.13. The predicted octanol–water partition coefficient (Wildman–Crippen LogP) is 4.14. The topological polar surface area (TPSA) is 63.6 Å². The molecule has 27 heavy (non-hydrogen) atoms. The van der Waals surface area contributed by atoms with Gasteiger partial charge in [-0.15, -0.1) is 5.10 Å². The van der Waals surface area contributed by atoms with Crippen LogP contribution in [0.25, 0.3) is 5.69 Å². The molecule has 1 N–H and O–H groups in total. The van der Waals surface area contributed by atoms with Crippen molar-refractivity contribution in [3.8, 4) is 5.69 Å². The third kappa shape index (κ3) is 3.99. The highest BCUT2D eigenvalue weighted by Gasteiger charge is 2.35. The Morgan fingerprint density at radius 3 is 2.37 bits per heavy atom. The van der Waals surface area contributed by atoms with Crippen LogP contribution < -0.4 is 5.69 Å². The Labute approximate surface area is 151 Å². The summed E-state index contributed by atoms with van der Waals surface area (Å²) in [6.07, 6.45) is -8.46. The van der Waals surface area contributed by atoms with Crippen molar-refractivity contribution in [2.75, 3.05) is 0 Å². The Kier molecular flexibility index (Phi) is 4.76. The monoisotopic (exact) mass is 406 g/mol. The van der Waals surface area contributed by atoms with Crippen molar-refractivity contribution in [3.05, 3.63) is 64.2 Å². The van der Waals surface area contributed by atoms with Gasteiger partial charge in [-0.2, -0.15) is 26.3 Å². The summed E-state index contributed by atoms with van der Waals surface area (Å²) >= 11 is 0.522. The molecular formula is C15H8F6N4OS. The number of aromatic nitrogens is 4. The van der Waals surface area contributed by atoms with E-state index in [1.807, 2.05) is 5.10 Å². The maximum Gasteiger partial charge on any atom is 0.418 e. The van der Waals surface area contributed by atoms with E-state index in [1.165, 1.54) is 6.07 Å². The molecule has 0 amide bonds. The maximum absolute atomic E-state index is 13.2. The molecule has 2 heterocycles. The number of nitrogens with zero attached hydrogens (tertiary/aromatic N) is 3. The number of pyridine rings is 1. The van der Waals surface area contributed by atoms with Crippen molar-refractivity contribution in [2.24, 2.45) is 0 Å². The molecule has 0 saturated carbocycles. The SMILES string of the molecule is O=c1[nH]nc(Sc2cc(C(F)(F)F)ccn2)n1-c1ccccc1C(F)(F)F. The summed E-state index contributed by atoms with van der Waals surface area (Å²) in [4.78, 5) is 15.7. The second-order valence-corrected chi connectivity index (χ2v) is 6.13. The fraction of sp³-hybridized carbons (Fsp3) is 0.133. The van der Waals surface area contributed by atoms with Gasteiger partial charge < -0.3 is 0 Å². The summed E-state index contributed by atoms with van der Waals surface area (Å²) in [5.74, 6) is 0. The standard InChI is InChI=1S/C15H8F6N4OS/c16-14(17,18)8-5-6-22-11(7-8)27-13-24-23-12(26)25(13)10-4-2-1-3-9(10)15(19,20)21/h1-7H,(H,23,26). The van der Waals surface area contributed by atoms with Crippen LogP contribution in [0.3, 0.4) is 0 Å². The first-order chi connectivity index (χ1) is 12.6. The van der Waals surface area contributed by atoms with Gasteiger partial charge in [0, 0.05) is 6.20 Å². The van der Waals surface area contributed by atoms with Crippen LogP contribution >= 0.6 is 11.8 Å². The normalized spacial score (nSPS) is 12.4. The van der Waals surface area contributed by atoms with Gasteiger partial charge in [0.2, 0.25) is 5.16 Å². The summed E-state index contributed by atoms with van der Waals surface area (Å²) in [7, 11) is 0. The van der Waals surface area contributed by atoms with Gasteiger partial charge in [-0.05, 0) is 36.0 Å². The molecule has 0 aliphatic heterocycles. The van der Waals surface area contributed by atoms with Gasteiger partial charge in [-0.25, -0.2) is 19.4 Å². The van der Waals surface area contributed by atoms with Crippen LogP contribution in [-0.4, -0.2) is 19.7 Å². The number of H-pyrrole nitrogens is 1. The highest BCUT2D eigenvalue weighted by atomic mass is 32.2. The minimum atomic E-state index is -4.75. The van der Waals surface area contributed by atoms with Crippen molar-refractivity contribution in [2.45, 2.75) is 22.5 Å². The molecule has 3 aromatic rings. The van der Waals surface area contributed by atoms with Crippen LogP contribution in [0.5, 0.6) is 0 Å². The van der Waals surface area contributed by atoms with Gasteiger partial charge in [0.15, 0.2) is 0 Å². The predicted molar refractivity (Wildman–Crippen MR) is 82.5 cm³/mol. The molecule has 0 bridgehead atoms. The summed E-state index contributed by atoms with van der Waals surface area (Å²) in [6, 6.07) is 5.75. The lowest BCUT2D eigenvalue weighted by molar-refractivity contribution is -0.138. The summed E-state index contributed by atoms with van der Waals surface area (Å²) in [5, 5.41) is 5.13. The van der Waals surface area contributed by atoms with E-state index in [9.17, 15) is 31.1 Å². The highest BCUT2D eigenvalue weighted by molar-refractivity contribution is 7.99. The second kappa shape index (κ2) is 6.76. The number of para-hydroxylation sites is 1. The van der Waals surface area contributed by atoms with Crippen molar-refractivity contribution in [1.29, 1.82) is 0 Å². The number of nitrogens with one attached hydrogen (secondary N) is 1. The Hall–Kier alpha value is -2.76. The average molecular weight is 406 g/mol. The van der Waals surface area contributed by atoms with E-state index in [4.69, 9.17) is 0 Å². The molecule has 2 aromatic heterocycles. The molecule has 0 radical (unpaired) electrons. The van der Waals surface area contributed by atoms with Crippen LogP contribution in [0.4, 0.5) is 26.3 Å². The molecule has 142 valence electrons. The zero-order valence-electron chi connectivity index (χ0n) is 13.0. The van der Waals surface area contributed by atoms with Crippen molar-refractivity contribution < 1.29 is 26.3 Å². The fourth-order valence-electron chi connectivity index (χ4n) is 2.21. The van der Waals surface area contributed by atoms with E-state index in [1.54, 1.807) is 0 Å². The number of benzene rings is 1. The van der Waals surface area contributed by atoms with Gasteiger partial charge in [0.1, 0.15) is 5.03 Å². The van der Waals surface area contributed by atoms with Gasteiger partial charge in [-0.3, -0.25) is 0 Å². The fourth-order valence-corrected chi connectivity index (χ4v) is 3.06. The largest absolute Gasteiger partial charge is 0.418 e. The molecule has 3 rings (SSSR count). The third-order valence-electron chi connectivity index (χ3n) is 3.35. The first kappa shape index (κ1) is 19.0. The van der Waals surface area contributed by atoms with Crippen LogP contribution in [-0.2, 0) is 12.4 Å². The van der Waals surface area contributed by atoms with Gasteiger partial charge in [0.05, 0.1) is 16.8 Å². The Bertz CT molecular complexity index is 1020. The average Bonchev–Trinajstić information content (AvgIpc) is 2.94. The Balaban J connectivity index is 2.07. The molecule has 0 fully saturated rings. The van der Waals surface area contributed by atoms with E-state index in [-0.39, 0.29) is 10.2 Å². The number of hydrogen-bond acceptors (Lipinski definition) is 4. The van der Waals surface area contributed by atoms with Crippen LogP contribution in [0.2, 0.25) is 0 Å². The highest BCUT2D eigenvalue weighted by Crippen LogP contribution is 2.36. The molecule has 0 aliphatic carbocycles. The number of halogens is 6. The zero-order valence-corrected chi connectivity index (χ0v) is 13.8. The van der Waals surface area contributed by atoms with Crippen LogP contribution in [0.15, 0.2) is 57.6 Å². The van der Waals surface area contributed by atoms with Crippen molar-refractivity contribution >= 4 is 11.8 Å². The number of alkyl halides is 6. The van der Waals surface area contributed by atoms with Crippen LogP contribution in [0, 0.1) is 0 Å². The first-order valence-electron chi connectivity index (χ1n) is 7.12. The first-order valence-corrected chi connectivity index (χ1v) is 7.94. The Morgan fingerprint density at radius 1 is 1.00 bits per heavy atom. The van der Waals surface area contributed by atoms with Gasteiger partial charge in [0.25, 0.3) is 0 Å². The van der Waals surface area contributed by atoms with Gasteiger partial charge in [-0.1, -0.05) is 12.1 Å². The Morgan fingerprint density at radius 2 is 1.70 bits per heavy atom. The number of hydrogen-bond donors (Lipinski definition) is 1. The van der Waals surface area contributed by atoms with Crippen molar-refractivity contribution in [1.82, 2.24) is 19.7 Å². The lowest BCUT2D eigenvalue weighted by Crippen LogP contribution is -2.20. The number of aromatic amines is 1. The summed E-state index contributed by atoms with van der Waals surface area (Å²) in [5.41, 5.74) is -3.55. The molecule has 1 aromatic carbocycles. The molecule has 0 atom stereocenters. The van der Waals surface area contributed by atoms with Gasteiger partial charge >= 0.3 is 18.0 Å². The zero-order chi connectivity index (χ0) is 19.8. The summed E-state index contributed by atoms with van der Waals surface area (Å²) < 4.78 is 78.7. The third-order valence-corrected chi connectivity index (χ3v) is 4.24. The van der Waals surface area contributed by atoms with E-state index >= 15 is 0 Å². The molecule has 0 spiro atoms. The lowest BCUT2D eigenvalue weighted by atomic mass is 10.1. The van der Waals surface area contributed by atoms with Crippen molar-refractivity contribution in [3.63, 3.8) is 0 Å². The quantitative estimate of drug-likeness (QED) is 0.664. The second-order valence-electron chi connectivity index (χ2n) is 5.14. The summed E-state index contributed by atoms with van der Waals surface area (Å²) in [6.45, 7) is 0. The molecule has 0 unspecified atom stereocenters. The minimum Gasteiger partial charge on any atom is -0.249 e. The minimum absolute atomic E-state index is 0.186. The molecule has 12 heteroatoms. The van der Waals surface area contributed by atoms with Crippen LogP contribution in [0.1, 0.15) is 11.1 Å². The molecule has 5 nitrogen and oxygen atoms in total. The van der Waals surface area contributed by atoms with E-state index in [0.717, 1.165) is 30.5 Å². The van der Waals surface area contributed by atoms with E-state index < -0.39 is 34.9 Å². The van der Waals surface area contributed by atoms with E-state index in [2.05, 4.69) is 10.1 Å². The molecule has 0 aliphatic rings. The molecular weight excluding hydrogens is 398 g/mol. The number of rotatable bonds is 3. The van der Waals surface area contributed by atoms with E-state index in [0.29, 0.717) is 22.4 Å². The smallest absolute Gasteiger partial charge is 0.249 e.